The van der Waals surface area contributed by atoms with Crippen LogP contribution in [0.15, 0.2) is 18.2 Å². The molecule has 0 spiro atoms. The molecule has 0 aromatic heterocycles. The van der Waals surface area contributed by atoms with Gasteiger partial charge in [-0.25, -0.2) is 0 Å². The molecule has 1 aliphatic heterocycles. The van der Waals surface area contributed by atoms with Crippen molar-refractivity contribution in [2.75, 3.05) is 31.5 Å². The van der Waals surface area contributed by atoms with Crippen molar-refractivity contribution in [3.63, 3.8) is 0 Å². The fourth-order valence-corrected chi connectivity index (χ4v) is 2.43. The maximum absolute atomic E-state index is 11.6. The van der Waals surface area contributed by atoms with E-state index in [9.17, 15) is 14.9 Å². The van der Waals surface area contributed by atoms with E-state index in [0.717, 1.165) is 30.8 Å². The number of nitrogens with one attached hydrogen (secondary N) is 2. The first-order valence-corrected chi connectivity index (χ1v) is 7.10. The summed E-state index contributed by atoms with van der Waals surface area (Å²) in [5.74, 6) is 0.00271. The van der Waals surface area contributed by atoms with Crippen LogP contribution in [0.25, 0.3) is 0 Å². The molecule has 2 N–H and O–H groups in total. The second-order valence-electron chi connectivity index (χ2n) is 5.04. The molecule has 0 atom stereocenters. The minimum Gasteiger partial charge on any atom is -0.385 e. The lowest BCUT2D eigenvalue weighted by Crippen LogP contribution is -2.32. The van der Waals surface area contributed by atoms with Crippen LogP contribution in [0.1, 0.15) is 18.9 Å². The number of nitro groups is 1. The van der Waals surface area contributed by atoms with Gasteiger partial charge in [0.25, 0.3) is 5.69 Å². The van der Waals surface area contributed by atoms with Gasteiger partial charge < -0.3 is 10.6 Å². The Morgan fingerprint density at radius 2 is 2.29 bits per heavy atom. The monoisotopic (exact) mass is 292 g/mol. The van der Waals surface area contributed by atoms with Crippen molar-refractivity contribution < 1.29 is 9.72 Å². The lowest BCUT2D eigenvalue weighted by atomic mass is 10.1. The summed E-state index contributed by atoms with van der Waals surface area (Å²) in [6, 6.07) is 4.81. The molecule has 0 unspecified atom stereocenters. The zero-order valence-corrected chi connectivity index (χ0v) is 12.1. The highest BCUT2D eigenvalue weighted by atomic mass is 16.6. The molecule has 1 aliphatic rings. The Bertz CT molecular complexity index is 533. The van der Waals surface area contributed by atoms with Crippen LogP contribution in [-0.4, -0.2) is 41.9 Å². The van der Waals surface area contributed by atoms with Gasteiger partial charge in [0.15, 0.2) is 0 Å². The smallest absolute Gasteiger partial charge is 0.269 e. The summed E-state index contributed by atoms with van der Waals surface area (Å²) in [6.07, 6.45) is 0.886. The van der Waals surface area contributed by atoms with Crippen molar-refractivity contribution in [2.24, 2.45) is 0 Å². The predicted octanol–water partition coefficient (Wildman–Crippen LogP) is 1.35. The number of nitrogens with zero attached hydrogens (tertiary/aromatic N) is 2. The number of rotatable bonds is 5. The van der Waals surface area contributed by atoms with Gasteiger partial charge in [-0.05, 0) is 25.0 Å². The average molecular weight is 292 g/mol. The molecule has 0 saturated carbocycles. The van der Waals surface area contributed by atoms with Gasteiger partial charge >= 0.3 is 0 Å². The van der Waals surface area contributed by atoms with Crippen LogP contribution in [-0.2, 0) is 11.3 Å². The first-order chi connectivity index (χ1) is 10.1. The molecule has 1 saturated heterocycles. The van der Waals surface area contributed by atoms with E-state index in [0.29, 0.717) is 19.6 Å². The molecule has 114 valence electrons. The van der Waals surface area contributed by atoms with Crippen LogP contribution < -0.4 is 10.6 Å². The number of nitro benzene ring substituents is 1. The Hall–Kier alpha value is -2.15. The number of carbonyl (C=O) groups excluding carboxylic acids is 1. The van der Waals surface area contributed by atoms with E-state index >= 15 is 0 Å². The van der Waals surface area contributed by atoms with E-state index in [1.807, 2.05) is 11.8 Å². The van der Waals surface area contributed by atoms with E-state index in [4.69, 9.17) is 0 Å². The Kier molecular flexibility index (Phi) is 5.10. The number of carbonyl (C=O) groups is 1. The zero-order chi connectivity index (χ0) is 15.2. The number of benzene rings is 1. The topological polar surface area (TPSA) is 87.5 Å². The van der Waals surface area contributed by atoms with E-state index in [-0.39, 0.29) is 11.6 Å². The quantitative estimate of drug-likeness (QED) is 0.632. The standard InChI is InChI=1S/C14H20N4O3/c1-2-15-13-5-4-12(18(20)21)8-11(13)9-17-7-3-6-16-14(19)10-17/h4-5,8,15H,2-3,6-7,9-10H2,1H3,(H,16,19). The van der Waals surface area contributed by atoms with Crippen LogP contribution in [0.2, 0.25) is 0 Å². The van der Waals surface area contributed by atoms with Gasteiger partial charge in [0, 0.05) is 44.0 Å². The van der Waals surface area contributed by atoms with Crippen LogP contribution >= 0.6 is 0 Å². The minimum atomic E-state index is -0.394. The summed E-state index contributed by atoms with van der Waals surface area (Å²) in [6.45, 7) is 5.05. The second kappa shape index (κ2) is 7.03. The van der Waals surface area contributed by atoms with E-state index in [2.05, 4.69) is 10.6 Å². The van der Waals surface area contributed by atoms with Gasteiger partial charge in [-0.2, -0.15) is 0 Å². The van der Waals surface area contributed by atoms with Crippen molar-refractivity contribution in [1.82, 2.24) is 10.2 Å². The van der Waals surface area contributed by atoms with Crippen molar-refractivity contribution >= 4 is 17.3 Å². The Balaban J connectivity index is 2.20. The fraction of sp³-hybridized carbons (Fsp3) is 0.500. The normalized spacial score (nSPS) is 16.1. The maximum atomic E-state index is 11.6. The summed E-state index contributed by atoms with van der Waals surface area (Å²) < 4.78 is 0. The molecule has 2 rings (SSSR count). The molecule has 0 aliphatic carbocycles. The molecular weight excluding hydrogens is 272 g/mol. The minimum absolute atomic E-state index is 0.00271. The summed E-state index contributed by atoms with van der Waals surface area (Å²) in [5, 5.41) is 17.0. The third kappa shape index (κ3) is 4.16. The van der Waals surface area contributed by atoms with E-state index in [1.165, 1.54) is 6.07 Å². The molecular formula is C14H20N4O3. The molecule has 21 heavy (non-hydrogen) atoms. The molecule has 1 fully saturated rings. The number of anilines is 1. The number of amides is 1. The van der Waals surface area contributed by atoms with Gasteiger partial charge in [-0.15, -0.1) is 0 Å². The second-order valence-corrected chi connectivity index (χ2v) is 5.04. The largest absolute Gasteiger partial charge is 0.385 e. The molecule has 0 radical (unpaired) electrons. The summed E-state index contributed by atoms with van der Waals surface area (Å²) in [5.41, 5.74) is 1.81. The summed E-state index contributed by atoms with van der Waals surface area (Å²) in [4.78, 5) is 24.1. The molecule has 1 heterocycles. The lowest BCUT2D eigenvalue weighted by Gasteiger charge is -2.20. The third-order valence-electron chi connectivity index (χ3n) is 3.40. The third-order valence-corrected chi connectivity index (χ3v) is 3.40. The molecule has 0 bridgehead atoms. The van der Waals surface area contributed by atoms with E-state index < -0.39 is 4.92 Å². The van der Waals surface area contributed by atoms with Crippen LogP contribution in [0.5, 0.6) is 0 Å². The molecule has 1 aromatic rings. The fourth-order valence-electron chi connectivity index (χ4n) is 2.43. The van der Waals surface area contributed by atoms with Crippen LogP contribution in [0.3, 0.4) is 0 Å². The molecule has 1 amide bonds. The first-order valence-electron chi connectivity index (χ1n) is 7.10. The van der Waals surface area contributed by atoms with Gasteiger partial charge in [-0.3, -0.25) is 19.8 Å². The van der Waals surface area contributed by atoms with Crippen molar-refractivity contribution in [1.29, 1.82) is 0 Å². The van der Waals surface area contributed by atoms with Crippen molar-refractivity contribution in [3.05, 3.63) is 33.9 Å². The first kappa shape index (κ1) is 15.2. The SMILES string of the molecule is CCNc1ccc([N+](=O)[O-])cc1CN1CCCNC(=O)C1. The summed E-state index contributed by atoms with van der Waals surface area (Å²) >= 11 is 0. The number of non-ortho nitro benzene ring substituents is 1. The van der Waals surface area contributed by atoms with Gasteiger partial charge in [0.1, 0.15) is 0 Å². The van der Waals surface area contributed by atoms with Crippen molar-refractivity contribution in [2.45, 2.75) is 19.9 Å². The Labute approximate surface area is 123 Å². The van der Waals surface area contributed by atoms with Gasteiger partial charge in [0.2, 0.25) is 5.91 Å². The van der Waals surface area contributed by atoms with Gasteiger partial charge in [-0.1, -0.05) is 0 Å². The number of hydrogen-bond acceptors (Lipinski definition) is 5. The zero-order valence-electron chi connectivity index (χ0n) is 12.1. The van der Waals surface area contributed by atoms with Gasteiger partial charge in [0.05, 0.1) is 11.5 Å². The molecule has 7 heteroatoms. The van der Waals surface area contributed by atoms with Crippen LogP contribution in [0, 0.1) is 10.1 Å². The highest BCUT2D eigenvalue weighted by Gasteiger charge is 2.18. The van der Waals surface area contributed by atoms with Crippen LogP contribution in [0.4, 0.5) is 11.4 Å². The maximum Gasteiger partial charge on any atom is 0.269 e. The Morgan fingerprint density at radius 3 is 3.00 bits per heavy atom. The van der Waals surface area contributed by atoms with E-state index in [1.54, 1.807) is 12.1 Å². The lowest BCUT2D eigenvalue weighted by molar-refractivity contribution is -0.384. The average Bonchev–Trinajstić information content (AvgIpc) is 2.65. The Morgan fingerprint density at radius 1 is 1.48 bits per heavy atom. The number of hydrogen-bond donors (Lipinski definition) is 2. The van der Waals surface area contributed by atoms with Crippen molar-refractivity contribution in [3.8, 4) is 0 Å². The predicted molar refractivity (Wildman–Crippen MR) is 80.2 cm³/mol. The summed E-state index contributed by atoms with van der Waals surface area (Å²) in [7, 11) is 0. The molecule has 1 aromatic carbocycles. The highest BCUT2D eigenvalue weighted by Crippen LogP contribution is 2.23. The highest BCUT2D eigenvalue weighted by molar-refractivity contribution is 5.78. The molecule has 7 nitrogen and oxygen atoms in total.